The second-order valence-corrected chi connectivity index (χ2v) is 4.84. The Labute approximate surface area is 114 Å². The van der Waals surface area contributed by atoms with Gasteiger partial charge in [-0.25, -0.2) is 4.98 Å². The summed E-state index contributed by atoms with van der Waals surface area (Å²) in [6.07, 6.45) is 0.640. The molecular weight excluding hydrogens is 244 g/mol. The Bertz CT molecular complexity index is 415. The monoisotopic (exact) mass is 268 g/mol. The quantitative estimate of drug-likeness (QED) is 0.753. The van der Waals surface area contributed by atoms with Crippen molar-refractivity contribution in [1.82, 2.24) is 20.1 Å². The third kappa shape index (κ3) is 4.98. The number of nitrogens with one attached hydrogen (secondary N) is 1. The molecule has 0 aliphatic carbocycles. The van der Waals surface area contributed by atoms with E-state index >= 15 is 0 Å². The van der Waals surface area contributed by atoms with E-state index in [2.05, 4.69) is 15.4 Å². The average Bonchev–Trinajstić information content (AvgIpc) is 2.63. The normalized spacial score (nSPS) is 12.7. The summed E-state index contributed by atoms with van der Waals surface area (Å²) in [7, 11) is 0. The van der Waals surface area contributed by atoms with Crippen LogP contribution < -0.4 is 5.32 Å². The molecule has 108 valence electrons. The largest absolute Gasteiger partial charge is 0.465 e. The van der Waals surface area contributed by atoms with Crippen molar-refractivity contribution < 1.29 is 9.53 Å². The molecule has 0 radical (unpaired) electrons. The van der Waals surface area contributed by atoms with Gasteiger partial charge in [0.2, 0.25) is 0 Å². The molecule has 0 saturated carbocycles. The number of nitrogens with zero attached hydrogens (tertiary/aromatic N) is 3. The highest BCUT2D eigenvalue weighted by Crippen LogP contribution is 2.03. The van der Waals surface area contributed by atoms with Gasteiger partial charge in [-0.1, -0.05) is 13.8 Å². The molecule has 0 aromatic carbocycles. The van der Waals surface area contributed by atoms with Gasteiger partial charge in [-0.15, -0.1) is 0 Å². The number of carbonyl (C=O) groups excluding carboxylic acids is 1. The number of hydrogen-bond donors (Lipinski definition) is 1. The number of hydrogen-bond acceptors (Lipinski definition) is 5. The van der Waals surface area contributed by atoms with Crippen LogP contribution >= 0.6 is 0 Å². The smallest absolute Gasteiger partial charge is 0.323 e. The van der Waals surface area contributed by atoms with Crippen molar-refractivity contribution in [1.29, 1.82) is 0 Å². The first kappa shape index (κ1) is 15.6. The molecule has 1 N–H and O–H groups in total. The molecule has 1 aromatic rings. The maximum atomic E-state index is 11.9. The minimum atomic E-state index is -0.302. The molecule has 6 nitrogen and oxygen atoms in total. The molecule has 6 heteroatoms. The highest BCUT2D eigenvalue weighted by molar-refractivity contribution is 5.75. The summed E-state index contributed by atoms with van der Waals surface area (Å²) in [6, 6.07) is -0.0724. The third-order valence-electron chi connectivity index (χ3n) is 2.70. The lowest BCUT2D eigenvalue weighted by molar-refractivity contribution is -0.146. The zero-order valence-corrected chi connectivity index (χ0v) is 12.4. The highest BCUT2D eigenvalue weighted by atomic mass is 16.5. The number of ether oxygens (including phenoxy) is 1. The number of rotatable bonds is 7. The summed E-state index contributed by atoms with van der Waals surface area (Å²) in [5.74, 6) is 1.41. The van der Waals surface area contributed by atoms with Crippen molar-refractivity contribution in [3.63, 3.8) is 0 Å². The van der Waals surface area contributed by atoms with Crippen LogP contribution in [0, 0.1) is 13.8 Å². The molecule has 19 heavy (non-hydrogen) atoms. The van der Waals surface area contributed by atoms with Crippen molar-refractivity contribution >= 4 is 5.97 Å². The minimum absolute atomic E-state index is 0.203. The van der Waals surface area contributed by atoms with Gasteiger partial charge in [0.05, 0.1) is 6.61 Å². The Morgan fingerprint density at radius 3 is 2.58 bits per heavy atom. The molecule has 0 spiro atoms. The molecule has 0 aliphatic heterocycles. The van der Waals surface area contributed by atoms with E-state index in [1.807, 2.05) is 39.3 Å². The maximum absolute atomic E-state index is 11.9. The second kappa shape index (κ2) is 7.23. The zero-order valence-electron chi connectivity index (χ0n) is 12.4. The number of esters is 1. The lowest BCUT2D eigenvalue weighted by atomic mass is 10.2. The number of aryl methyl sites for hydroxylation is 3. The SMILES string of the molecule is CCOC(=O)C(CCn1nc(C)nc1C)NC(C)C. The van der Waals surface area contributed by atoms with Crippen LogP contribution in [0.1, 0.15) is 38.8 Å². The molecule has 0 saturated heterocycles. The van der Waals surface area contributed by atoms with Crippen LogP contribution in [0.2, 0.25) is 0 Å². The first-order valence-corrected chi connectivity index (χ1v) is 6.74. The first-order valence-electron chi connectivity index (χ1n) is 6.74. The van der Waals surface area contributed by atoms with Gasteiger partial charge in [-0.05, 0) is 27.2 Å². The Hall–Kier alpha value is -1.43. The van der Waals surface area contributed by atoms with E-state index in [4.69, 9.17) is 4.74 Å². The van der Waals surface area contributed by atoms with E-state index in [1.54, 1.807) is 0 Å². The van der Waals surface area contributed by atoms with E-state index in [0.717, 1.165) is 11.6 Å². The number of aromatic nitrogens is 3. The predicted molar refractivity (Wildman–Crippen MR) is 72.8 cm³/mol. The Kier molecular flexibility index (Phi) is 5.95. The molecule has 1 rings (SSSR count). The van der Waals surface area contributed by atoms with Crippen molar-refractivity contribution in [3.8, 4) is 0 Å². The molecule has 1 unspecified atom stereocenters. The molecule has 0 fully saturated rings. The average molecular weight is 268 g/mol. The summed E-state index contributed by atoms with van der Waals surface area (Å²) in [4.78, 5) is 16.1. The summed E-state index contributed by atoms with van der Waals surface area (Å²) in [5, 5.41) is 7.52. The Morgan fingerprint density at radius 2 is 2.11 bits per heavy atom. The summed E-state index contributed by atoms with van der Waals surface area (Å²) in [5.41, 5.74) is 0. The summed E-state index contributed by atoms with van der Waals surface area (Å²) in [6.45, 7) is 10.7. The van der Waals surface area contributed by atoms with Crippen molar-refractivity contribution in [2.24, 2.45) is 0 Å². The maximum Gasteiger partial charge on any atom is 0.323 e. The van der Waals surface area contributed by atoms with Crippen LogP contribution in [0.5, 0.6) is 0 Å². The fourth-order valence-corrected chi connectivity index (χ4v) is 1.94. The van der Waals surface area contributed by atoms with Crippen LogP contribution in [0.15, 0.2) is 0 Å². The summed E-state index contributed by atoms with van der Waals surface area (Å²) < 4.78 is 6.91. The Balaban J connectivity index is 2.62. The van der Waals surface area contributed by atoms with E-state index in [0.29, 0.717) is 19.6 Å². The van der Waals surface area contributed by atoms with Gasteiger partial charge in [0, 0.05) is 12.6 Å². The zero-order chi connectivity index (χ0) is 14.4. The fourth-order valence-electron chi connectivity index (χ4n) is 1.94. The lowest BCUT2D eigenvalue weighted by Gasteiger charge is -2.19. The molecule has 1 aromatic heterocycles. The molecular formula is C13H24N4O2. The second-order valence-electron chi connectivity index (χ2n) is 4.84. The van der Waals surface area contributed by atoms with Crippen molar-refractivity contribution in [2.45, 2.75) is 59.7 Å². The first-order chi connectivity index (χ1) is 8.93. The minimum Gasteiger partial charge on any atom is -0.465 e. The van der Waals surface area contributed by atoms with Crippen molar-refractivity contribution in [2.75, 3.05) is 6.61 Å². The topological polar surface area (TPSA) is 69.0 Å². The van der Waals surface area contributed by atoms with Gasteiger partial charge in [-0.2, -0.15) is 5.10 Å². The molecule has 0 bridgehead atoms. The van der Waals surface area contributed by atoms with Crippen LogP contribution in [-0.4, -0.2) is 39.4 Å². The number of carbonyl (C=O) groups is 1. The van der Waals surface area contributed by atoms with Crippen LogP contribution in [0.3, 0.4) is 0 Å². The van der Waals surface area contributed by atoms with E-state index in [1.165, 1.54) is 0 Å². The summed E-state index contributed by atoms with van der Waals surface area (Å²) >= 11 is 0. The fraction of sp³-hybridized carbons (Fsp3) is 0.769. The van der Waals surface area contributed by atoms with Gasteiger partial charge >= 0.3 is 5.97 Å². The van der Waals surface area contributed by atoms with Crippen LogP contribution in [-0.2, 0) is 16.1 Å². The highest BCUT2D eigenvalue weighted by Gasteiger charge is 2.20. The van der Waals surface area contributed by atoms with Gasteiger partial charge in [0.1, 0.15) is 17.7 Å². The third-order valence-corrected chi connectivity index (χ3v) is 2.70. The molecule has 0 amide bonds. The van der Waals surface area contributed by atoms with E-state index < -0.39 is 0 Å². The van der Waals surface area contributed by atoms with Crippen molar-refractivity contribution in [3.05, 3.63) is 11.6 Å². The standard InChI is InChI=1S/C13H24N4O2/c1-6-19-13(18)12(14-9(2)3)7-8-17-11(5)15-10(4)16-17/h9,12,14H,6-8H2,1-5H3. The molecule has 1 atom stereocenters. The van der Waals surface area contributed by atoms with E-state index in [-0.39, 0.29) is 18.1 Å². The van der Waals surface area contributed by atoms with E-state index in [9.17, 15) is 4.79 Å². The van der Waals surface area contributed by atoms with Crippen LogP contribution in [0.25, 0.3) is 0 Å². The van der Waals surface area contributed by atoms with Gasteiger partial charge in [0.15, 0.2) is 0 Å². The van der Waals surface area contributed by atoms with Gasteiger partial charge in [0.25, 0.3) is 0 Å². The van der Waals surface area contributed by atoms with Crippen LogP contribution in [0.4, 0.5) is 0 Å². The lowest BCUT2D eigenvalue weighted by Crippen LogP contribution is -2.42. The van der Waals surface area contributed by atoms with Gasteiger partial charge in [-0.3, -0.25) is 9.48 Å². The predicted octanol–water partition coefficient (Wildman–Crippen LogP) is 1.21. The molecule has 1 heterocycles. The van der Waals surface area contributed by atoms with Gasteiger partial charge < -0.3 is 10.1 Å². The Morgan fingerprint density at radius 1 is 1.42 bits per heavy atom. The molecule has 0 aliphatic rings.